The van der Waals surface area contributed by atoms with Crippen LogP contribution < -0.4 is 10.1 Å². The smallest absolute Gasteiger partial charge is 0.322 e. The zero-order chi connectivity index (χ0) is 16.4. The maximum atomic E-state index is 13.7. The molecule has 0 radical (unpaired) electrons. The zero-order valence-corrected chi connectivity index (χ0v) is 13.0. The summed E-state index contributed by atoms with van der Waals surface area (Å²) in [6.45, 7) is 1.47. The number of halogens is 2. The Morgan fingerprint density at radius 2 is 2.04 bits per heavy atom. The molecule has 2 amide bonds. The van der Waals surface area contributed by atoms with Crippen LogP contribution in [-0.2, 0) is 4.74 Å². The number of urea groups is 1. The molecule has 1 saturated carbocycles. The van der Waals surface area contributed by atoms with E-state index in [1.54, 1.807) is 4.90 Å². The van der Waals surface area contributed by atoms with E-state index in [9.17, 15) is 13.6 Å². The molecule has 1 atom stereocenters. The van der Waals surface area contributed by atoms with Crippen molar-refractivity contribution in [2.24, 2.45) is 5.92 Å². The second-order valence-corrected chi connectivity index (χ2v) is 5.95. The van der Waals surface area contributed by atoms with Gasteiger partial charge in [-0.1, -0.05) is 6.42 Å². The summed E-state index contributed by atoms with van der Waals surface area (Å²) in [4.78, 5) is 13.9. The van der Waals surface area contributed by atoms with E-state index in [1.165, 1.54) is 13.5 Å². The number of carbonyl (C=O) groups excluding carboxylic acids is 1. The molecule has 23 heavy (non-hydrogen) atoms. The Morgan fingerprint density at radius 1 is 1.35 bits per heavy atom. The molecule has 7 heteroatoms. The number of anilines is 1. The van der Waals surface area contributed by atoms with E-state index in [0.29, 0.717) is 25.6 Å². The summed E-state index contributed by atoms with van der Waals surface area (Å²) in [5.41, 5.74) is 0.0671. The number of carbonyl (C=O) groups is 1. The van der Waals surface area contributed by atoms with Crippen molar-refractivity contribution in [3.8, 4) is 5.75 Å². The van der Waals surface area contributed by atoms with Gasteiger partial charge in [-0.3, -0.25) is 0 Å². The number of amides is 2. The van der Waals surface area contributed by atoms with E-state index in [4.69, 9.17) is 4.74 Å². The molecule has 0 aromatic heterocycles. The maximum absolute atomic E-state index is 13.7. The van der Waals surface area contributed by atoms with Crippen molar-refractivity contribution in [2.75, 3.05) is 32.1 Å². The van der Waals surface area contributed by atoms with E-state index in [2.05, 4.69) is 10.1 Å². The molecule has 1 N–H and O–H groups in total. The number of hydrogen-bond donors (Lipinski definition) is 1. The third kappa shape index (κ3) is 3.39. The third-order valence-corrected chi connectivity index (χ3v) is 4.51. The third-order valence-electron chi connectivity index (χ3n) is 4.51. The highest BCUT2D eigenvalue weighted by atomic mass is 19.1. The SMILES string of the molecule is COc1c(F)cc(NC(=O)N2CCOC(C3CCC3)C2)cc1F. The molecule has 1 aromatic rings. The second kappa shape index (κ2) is 6.70. The van der Waals surface area contributed by atoms with E-state index >= 15 is 0 Å². The molecule has 1 unspecified atom stereocenters. The van der Waals surface area contributed by atoms with Crippen molar-refractivity contribution in [3.05, 3.63) is 23.8 Å². The Morgan fingerprint density at radius 3 is 2.61 bits per heavy atom. The second-order valence-electron chi connectivity index (χ2n) is 5.95. The summed E-state index contributed by atoms with van der Waals surface area (Å²) < 4.78 is 37.7. The molecular weight excluding hydrogens is 306 g/mol. The molecule has 0 bridgehead atoms. The summed E-state index contributed by atoms with van der Waals surface area (Å²) in [5, 5.41) is 2.54. The van der Waals surface area contributed by atoms with Gasteiger partial charge in [0.15, 0.2) is 17.4 Å². The lowest BCUT2D eigenvalue weighted by molar-refractivity contribution is -0.0615. The predicted octanol–water partition coefficient (Wildman–Crippen LogP) is 3.01. The summed E-state index contributed by atoms with van der Waals surface area (Å²) in [7, 11) is 1.19. The first-order valence-corrected chi connectivity index (χ1v) is 7.79. The Balaban J connectivity index is 1.64. The highest BCUT2D eigenvalue weighted by molar-refractivity contribution is 5.89. The minimum Gasteiger partial charge on any atom is -0.491 e. The zero-order valence-electron chi connectivity index (χ0n) is 13.0. The van der Waals surface area contributed by atoms with Crippen molar-refractivity contribution >= 4 is 11.7 Å². The van der Waals surface area contributed by atoms with Gasteiger partial charge in [-0.05, 0) is 18.8 Å². The largest absolute Gasteiger partial charge is 0.491 e. The lowest BCUT2D eigenvalue weighted by atomic mass is 9.80. The lowest BCUT2D eigenvalue weighted by Crippen LogP contribution is -2.50. The van der Waals surface area contributed by atoms with Gasteiger partial charge in [0.2, 0.25) is 0 Å². The molecule has 0 spiro atoms. The van der Waals surface area contributed by atoms with Crippen LogP contribution in [-0.4, -0.2) is 43.8 Å². The molecule has 3 rings (SSSR count). The van der Waals surface area contributed by atoms with Gasteiger partial charge in [-0.15, -0.1) is 0 Å². The summed E-state index contributed by atoms with van der Waals surface area (Å²) >= 11 is 0. The van der Waals surface area contributed by atoms with Gasteiger partial charge < -0.3 is 19.7 Å². The monoisotopic (exact) mass is 326 g/mol. The number of hydrogen-bond acceptors (Lipinski definition) is 3. The summed E-state index contributed by atoms with van der Waals surface area (Å²) in [6, 6.07) is 1.72. The molecule has 1 heterocycles. The van der Waals surface area contributed by atoms with Gasteiger partial charge in [0.25, 0.3) is 0 Å². The topological polar surface area (TPSA) is 50.8 Å². The standard InChI is InChI=1S/C16H20F2N2O3/c1-22-15-12(17)7-11(8-13(15)18)19-16(21)20-5-6-23-14(9-20)10-3-2-4-10/h7-8,10,14H,2-6,9H2,1H3,(H,19,21). The lowest BCUT2D eigenvalue weighted by Gasteiger charge is -2.40. The van der Waals surface area contributed by atoms with E-state index < -0.39 is 17.4 Å². The molecule has 1 saturated heterocycles. The Hall–Kier alpha value is -1.89. The molecule has 2 aliphatic rings. The number of nitrogens with one attached hydrogen (secondary N) is 1. The number of benzene rings is 1. The average Bonchev–Trinajstić information content (AvgIpc) is 2.45. The van der Waals surface area contributed by atoms with Crippen molar-refractivity contribution < 1.29 is 23.0 Å². The number of rotatable bonds is 3. The van der Waals surface area contributed by atoms with Crippen molar-refractivity contribution in [1.82, 2.24) is 4.90 Å². The Labute approximate surface area is 133 Å². The molecule has 1 aromatic carbocycles. The van der Waals surface area contributed by atoms with Gasteiger partial charge in [-0.25, -0.2) is 13.6 Å². The number of morpholine rings is 1. The number of nitrogens with zero attached hydrogens (tertiary/aromatic N) is 1. The Kier molecular flexibility index (Phi) is 4.66. The van der Waals surface area contributed by atoms with Crippen LogP contribution in [0.5, 0.6) is 5.75 Å². The van der Waals surface area contributed by atoms with Crippen LogP contribution >= 0.6 is 0 Å². The average molecular weight is 326 g/mol. The molecule has 126 valence electrons. The normalized spacial score (nSPS) is 21.7. The maximum Gasteiger partial charge on any atom is 0.322 e. The fraction of sp³-hybridized carbons (Fsp3) is 0.562. The van der Waals surface area contributed by atoms with Crippen molar-refractivity contribution in [1.29, 1.82) is 0 Å². The highest BCUT2D eigenvalue weighted by Gasteiger charge is 2.33. The molecular formula is C16H20F2N2O3. The van der Waals surface area contributed by atoms with E-state index in [0.717, 1.165) is 25.0 Å². The predicted molar refractivity (Wildman–Crippen MR) is 80.6 cm³/mol. The first-order valence-electron chi connectivity index (χ1n) is 7.79. The fourth-order valence-corrected chi connectivity index (χ4v) is 2.99. The van der Waals surface area contributed by atoms with Gasteiger partial charge in [0, 0.05) is 30.9 Å². The van der Waals surface area contributed by atoms with Crippen LogP contribution in [0, 0.1) is 17.6 Å². The Bertz CT molecular complexity index is 570. The van der Waals surface area contributed by atoms with Crippen LogP contribution in [0.2, 0.25) is 0 Å². The van der Waals surface area contributed by atoms with Gasteiger partial charge >= 0.3 is 6.03 Å². The van der Waals surface area contributed by atoms with Crippen LogP contribution in [0.3, 0.4) is 0 Å². The molecule has 1 aliphatic heterocycles. The van der Waals surface area contributed by atoms with Gasteiger partial charge in [-0.2, -0.15) is 0 Å². The number of ether oxygens (including phenoxy) is 2. The van der Waals surface area contributed by atoms with E-state index in [1.807, 2.05) is 0 Å². The van der Waals surface area contributed by atoms with Crippen LogP contribution in [0.4, 0.5) is 19.3 Å². The number of methoxy groups -OCH3 is 1. The fourth-order valence-electron chi connectivity index (χ4n) is 2.99. The minimum atomic E-state index is -0.850. The van der Waals surface area contributed by atoms with E-state index in [-0.39, 0.29) is 17.8 Å². The highest BCUT2D eigenvalue weighted by Crippen LogP contribution is 2.33. The van der Waals surface area contributed by atoms with Gasteiger partial charge in [0.05, 0.1) is 19.8 Å². The van der Waals surface area contributed by atoms with Gasteiger partial charge in [0.1, 0.15) is 0 Å². The molecule has 2 fully saturated rings. The van der Waals surface area contributed by atoms with Crippen LogP contribution in [0.1, 0.15) is 19.3 Å². The summed E-state index contributed by atoms with van der Waals surface area (Å²) in [6.07, 6.45) is 3.54. The first-order chi connectivity index (χ1) is 11.1. The van der Waals surface area contributed by atoms with Crippen molar-refractivity contribution in [3.63, 3.8) is 0 Å². The van der Waals surface area contributed by atoms with Crippen LogP contribution in [0.25, 0.3) is 0 Å². The quantitative estimate of drug-likeness (QED) is 0.929. The first kappa shape index (κ1) is 16.0. The minimum absolute atomic E-state index is 0.0626. The summed E-state index contributed by atoms with van der Waals surface area (Å²) in [5.74, 6) is -1.64. The van der Waals surface area contributed by atoms with Crippen LogP contribution in [0.15, 0.2) is 12.1 Å². The molecule has 1 aliphatic carbocycles. The van der Waals surface area contributed by atoms with Crippen molar-refractivity contribution in [2.45, 2.75) is 25.4 Å². The molecule has 5 nitrogen and oxygen atoms in total.